The van der Waals surface area contributed by atoms with Crippen molar-refractivity contribution in [3.05, 3.63) is 78.0 Å². The summed E-state index contributed by atoms with van der Waals surface area (Å²) in [4.78, 5) is 2.12. The lowest BCUT2D eigenvalue weighted by Crippen LogP contribution is -2.31. The molecule has 21 heavy (non-hydrogen) atoms. The van der Waals surface area contributed by atoms with E-state index in [1.54, 1.807) is 12.1 Å². The van der Waals surface area contributed by atoms with E-state index in [2.05, 4.69) is 11.5 Å². The highest BCUT2D eigenvalue weighted by molar-refractivity contribution is 5.54. The van der Waals surface area contributed by atoms with Crippen molar-refractivity contribution < 1.29 is 8.78 Å². The van der Waals surface area contributed by atoms with E-state index in [9.17, 15) is 8.78 Å². The summed E-state index contributed by atoms with van der Waals surface area (Å²) in [7, 11) is 0. The van der Waals surface area contributed by atoms with Crippen LogP contribution in [0.3, 0.4) is 0 Å². The van der Waals surface area contributed by atoms with Gasteiger partial charge in [0.05, 0.1) is 0 Å². The molecule has 1 saturated heterocycles. The van der Waals surface area contributed by atoms with Crippen LogP contribution in [0.5, 0.6) is 0 Å². The van der Waals surface area contributed by atoms with Crippen LogP contribution in [-0.2, 0) is 0 Å². The molecule has 0 saturated carbocycles. The highest BCUT2D eigenvalue weighted by Crippen LogP contribution is 2.37. The Bertz CT molecular complexity index is 576. The van der Waals surface area contributed by atoms with Gasteiger partial charge in [-0.3, -0.25) is 0 Å². The largest absolute Gasteiger partial charge is 0.345 e. The number of piperidine rings is 1. The molecule has 2 aromatic carbocycles. The first kappa shape index (κ1) is 13.8. The normalized spacial score (nSPS) is 18.9. The average Bonchev–Trinajstić information content (AvgIpc) is 2.50. The predicted molar refractivity (Wildman–Crippen MR) is 81.3 cm³/mol. The van der Waals surface area contributed by atoms with Gasteiger partial charge in [-0.2, -0.15) is 0 Å². The van der Waals surface area contributed by atoms with Gasteiger partial charge < -0.3 is 4.90 Å². The summed E-state index contributed by atoms with van der Waals surface area (Å²) in [6, 6.07) is 13.1. The van der Waals surface area contributed by atoms with Crippen molar-refractivity contribution in [1.29, 1.82) is 0 Å². The fourth-order valence-electron chi connectivity index (χ4n) is 2.92. The maximum absolute atomic E-state index is 13.1. The van der Waals surface area contributed by atoms with Crippen LogP contribution < -0.4 is 4.90 Å². The maximum atomic E-state index is 13.1. The lowest BCUT2D eigenvalue weighted by molar-refractivity contribution is 0.571. The summed E-state index contributed by atoms with van der Waals surface area (Å²) >= 11 is 0. The average molecular weight is 285 g/mol. The molecule has 3 heteroatoms. The molecule has 1 atom stereocenters. The van der Waals surface area contributed by atoms with E-state index >= 15 is 0 Å². The highest BCUT2D eigenvalue weighted by atomic mass is 19.1. The van der Waals surface area contributed by atoms with Gasteiger partial charge in [0, 0.05) is 23.8 Å². The molecule has 2 aromatic rings. The molecule has 1 unspecified atom stereocenters. The van der Waals surface area contributed by atoms with Crippen LogP contribution in [0.25, 0.3) is 0 Å². The predicted octanol–water partition coefficient (Wildman–Crippen LogP) is 4.86. The molecular formula is C18H17F2N. The summed E-state index contributed by atoms with van der Waals surface area (Å²) < 4.78 is 26.1. The molecule has 0 bridgehead atoms. The van der Waals surface area contributed by atoms with E-state index in [0.29, 0.717) is 0 Å². The molecule has 0 amide bonds. The van der Waals surface area contributed by atoms with Gasteiger partial charge in [0.1, 0.15) is 11.6 Å². The Labute approximate surface area is 123 Å². The molecule has 3 rings (SSSR count). The standard InChI is InChI=1S/C18H17F2N/c1-13-18(14-4-6-15(19)7-5-14)3-2-12-21(13)17-10-8-16(20)9-11-17/h4-11,18H,1-3,12H2. The van der Waals surface area contributed by atoms with E-state index in [1.807, 2.05) is 12.1 Å². The zero-order chi connectivity index (χ0) is 14.8. The Kier molecular flexibility index (Phi) is 3.74. The van der Waals surface area contributed by atoms with Crippen LogP contribution in [0, 0.1) is 11.6 Å². The number of nitrogens with zero attached hydrogens (tertiary/aromatic N) is 1. The quantitative estimate of drug-likeness (QED) is 0.761. The van der Waals surface area contributed by atoms with Gasteiger partial charge in [-0.05, 0) is 54.8 Å². The molecule has 1 aliphatic rings. The SMILES string of the molecule is C=C1C(c2ccc(F)cc2)CCCN1c1ccc(F)cc1. The van der Waals surface area contributed by atoms with Crippen LogP contribution in [0.4, 0.5) is 14.5 Å². The number of allylic oxidation sites excluding steroid dienone is 1. The number of hydrogen-bond donors (Lipinski definition) is 0. The molecule has 1 aliphatic heterocycles. The molecule has 1 heterocycles. The van der Waals surface area contributed by atoms with Crippen molar-refractivity contribution in [2.24, 2.45) is 0 Å². The Morgan fingerprint density at radius 3 is 2.10 bits per heavy atom. The Balaban J connectivity index is 1.86. The summed E-state index contributed by atoms with van der Waals surface area (Å²) in [5, 5.41) is 0. The van der Waals surface area contributed by atoms with Gasteiger partial charge in [-0.25, -0.2) is 8.78 Å². The molecular weight excluding hydrogens is 268 g/mol. The zero-order valence-corrected chi connectivity index (χ0v) is 11.7. The van der Waals surface area contributed by atoms with Crippen molar-refractivity contribution in [2.75, 3.05) is 11.4 Å². The van der Waals surface area contributed by atoms with E-state index < -0.39 is 0 Å². The number of halogens is 2. The van der Waals surface area contributed by atoms with Gasteiger partial charge in [0.2, 0.25) is 0 Å². The summed E-state index contributed by atoms with van der Waals surface area (Å²) in [5.74, 6) is -0.281. The van der Waals surface area contributed by atoms with Gasteiger partial charge in [-0.1, -0.05) is 18.7 Å². The number of benzene rings is 2. The van der Waals surface area contributed by atoms with Gasteiger partial charge in [-0.15, -0.1) is 0 Å². The molecule has 108 valence electrons. The van der Waals surface area contributed by atoms with E-state index in [-0.39, 0.29) is 17.6 Å². The second-order valence-corrected chi connectivity index (χ2v) is 5.37. The molecule has 1 nitrogen and oxygen atoms in total. The van der Waals surface area contributed by atoms with Crippen LogP contribution in [0.15, 0.2) is 60.8 Å². The van der Waals surface area contributed by atoms with Gasteiger partial charge >= 0.3 is 0 Å². The summed E-state index contributed by atoms with van der Waals surface area (Å²) in [6.07, 6.45) is 2.03. The minimum absolute atomic E-state index is 0.185. The zero-order valence-electron chi connectivity index (χ0n) is 11.7. The topological polar surface area (TPSA) is 3.24 Å². The lowest BCUT2D eigenvalue weighted by atomic mass is 9.87. The lowest BCUT2D eigenvalue weighted by Gasteiger charge is -2.37. The van der Waals surface area contributed by atoms with Gasteiger partial charge in [0.25, 0.3) is 0 Å². The van der Waals surface area contributed by atoms with Crippen molar-refractivity contribution in [3.63, 3.8) is 0 Å². The third-order valence-electron chi connectivity index (χ3n) is 4.03. The van der Waals surface area contributed by atoms with Gasteiger partial charge in [0.15, 0.2) is 0 Å². The van der Waals surface area contributed by atoms with E-state index in [0.717, 1.165) is 36.3 Å². The van der Waals surface area contributed by atoms with Crippen LogP contribution >= 0.6 is 0 Å². The monoisotopic (exact) mass is 285 g/mol. The van der Waals surface area contributed by atoms with Crippen molar-refractivity contribution >= 4 is 5.69 Å². The van der Waals surface area contributed by atoms with Crippen LogP contribution in [0.1, 0.15) is 24.3 Å². The molecule has 1 fully saturated rings. The Morgan fingerprint density at radius 2 is 1.48 bits per heavy atom. The maximum Gasteiger partial charge on any atom is 0.123 e. The minimum atomic E-state index is -0.239. The molecule has 0 aromatic heterocycles. The van der Waals surface area contributed by atoms with Crippen LogP contribution in [-0.4, -0.2) is 6.54 Å². The first-order valence-electron chi connectivity index (χ1n) is 7.12. The third kappa shape index (κ3) is 2.82. The van der Waals surface area contributed by atoms with Crippen molar-refractivity contribution in [2.45, 2.75) is 18.8 Å². The summed E-state index contributed by atoms with van der Waals surface area (Å²) in [6.45, 7) is 5.09. The first-order chi connectivity index (χ1) is 10.1. The summed E-state index contributed by atoms with van der Waals surface area (Å²) in [5.41, 5.74) is 3.01. The van der Waals surface area contributed by atoms with Crippen LogP contribution in [0.2, 0.25) is 0 Å². The van der Waals surface area contributed by atoms with Crippen molar-refractivity contribution in [1.82, 2.24) is 0 Å². The van der Waals surface area contributed by atoms with Crippen molar-refractivity contribution in [3.8, 4) is 0 Å². The molecule has 0 radical (unpaired) electrons. The second kappa shape index (κ2) is 5.68. The van der Waals surface area contributed by atoms with E-state index in [4.69, 9.17) is 0 Å². The molecule has 0 N–H and O–H groups in total. The highest BCUT2D eigenvalue weighted by Gasteiger charge is 2.25. The fraction of sp³-hybridized carbons (Fsp3) is 0.222. The minimum Gasteiger partial charge on any atom is -0.345 e. The Hall–Kier alpha value is -2.16. The first-order valence-corrected chi connectivity index (χ1v) is 7.12. The molecule has 0 spiro atoms. The number of rotatable bonds is 2. The molecule has 0 aliphatic carbocycles. The van der Waals surface area contributed by atoms with E-state index in [1.165, 1.54) is 24.3 Å². The smallest absolute Gasteiger partial charge is 0.123 e. The fourth-order valence-corrected chi connectivity index (χ4v) is 2.92. The third-order valence-corrected chi connectivity index (χ3v) is 4.03. The Morgan fingerprint density at radius 1 is 0.905 bits per heavy atom. The number of hydrogen-bond acceptors (Lipinski definition) is 1. The number of anilines is 1. The second-order valence-electron chi connectivity index (χ2n) is 5.37.